The van der Waals surface area contributed by atoms with Crippen molar-refractivity contribution < 1.29 is 19.4 Å². The van der Waals surface area contributed by atoms with Gasteiger partial charge in [0.25, 0.3) is 0 Å². The quantitative estimate of drug-likeness (QED) is 0.694. The second-order valence-corrected chi connectivity index (χ2v) is 8.29. The zero-order chi connectivity index (χ0) is 20.0. The maximum Gasteiger partial charge on any atom is 0.315 e. The number of aliphatic carboxylic acids is 1. The number of carboxylic acid groups (broad SMARTS) is 1. The van der Waals surface area contributed by atoms with Crippen molar-refractivity contribution >= 4 is 12.0 Å². The van der Waals surface area contributed by atoms with Crippen molar-refractivity contribution in [2.75, 3.05) is 13.7 Å². The number of methoxy groups -OCH3 is 1. The van der Waals surface area contributed by atoms with Gasteiger partial charge in [-0.1, -0.05) is 30.3 Å². The number of carbonyl (C=O) groups excluding carboxylic acids is 1. The standard InChI is InChI=1S/C22H32N2O4/c1-28-22(13-11-17(12-14-22)16-5-3-2-4-6-16)15-23-21(27)24-19-9-7-18(8-10-19)20(25)26/h2-6,17-19H,7-15H2,1H3,(H,25,26)(H2,23,24,27). The first-order chi connectivity index (χ1) is 13.5. The molecule has 1 aromatic rings. The molecule has 2 aliphatic rings. The summed E-state index contributed by atoms with van der Waals surface area (Å²) >= 11 is 0. The van der Waals surface area contributed by atoms with Crippen LogP contribution in [0.2, 0.25) is 0 Å². The van der Waals surface area contributed by atoms with E-state index in [1.165, 1.54) is 5.56 Å². The van der Waals surface area contributed by atoms with Gasteiger partial charge in [0.15, 0.2) is 0 Å². The van der Waals surface area contributed by atoms with Gasteiger partial charge in [-0.25, -0.2) is 4.79 Å². The van der Waals surface area contributed by atoms with Gasteiger partial charge in [0.1, 0.15) is 0 Å². The van der Waals surface area contributed by atoms with Crippen LogP contribution in [0, 0.1) is 5.92 Å². The van der Waals surface area contributed by atoms with Crippen molar-refractivity contribution in [3.63, 3.8) is 0 Å². The Bertz CT molecular complexity index is 648. The van der Waals surface area contributed by atoms with Crippen molar-refractivity contribution in [1.29, 1.82) is 0 Å². The Hall–Kier alpha value is -2.08. The topological polar surface area (TPSA) is 87.7 Å². The first kappa shape index (κ1) is 20.6. The van der Waals surface area contributed by atoms with Gasteiger partial charge in [-0.3, -0.25) is 4.79 Å². The molecule has 28 heavy (non-hydrogen) atoms. The highest BCUT2D eigenvalue weighted by atomic mass is 16.5. The number of urea groups is 1. The summed E-state index contributed by atoms with van der Waals surface area (Å²) in [5.41, 5.74) is 1.08. The van der Waals surface area contributed by atoms with Crippen LogP contribution in [-0.4, -0.2) is 42.4 Å². The molecule has 6 heteroatoms. The van der Waals surface area contributed by atoms with Crippen LogP contribution in [0.3, 0.4) is 0 Å². The lowest BCUT2D eigenvalue weighted by Crippen LogP contribution is -2.51. The van der Waals surface area contributed by atoms with Gasteiger partial charge in [0.2, 0.25) is 0 Å². The number of carboxylic acids is 1. The first-order valence-corrected chi connectivity index (χ1v) is 10.4. The second kappa shape index (κ2) is 9.41. The molecule has 3 rings (SSSR count). The highest BCUT2D eigenvalue weighted by Gasteiger charge is 2.36. The van der Waals surface area contributed by atoms with Gasteiger partial charge >= 0.3 is 12.0 Å². The Kier molecular flexibility index (Phi) is 6.94. The maximum absolute atomic E-state index is 12.3. The molecule has 0 spiro atoms. The number of ether oxygens (including phenoxy) is 1. The van der Waals surface area contributed by atoms with E-state index in [-0.39, 0.29) is 23.6 Å². The van der Waals surface area contributed by atoms with E-state index in [9.17, 15) is 9.59 Å². The maximum atomic E-state index is 12.3. The summed E-state index contributed by atoms with van der Waals surface area (Å²) in [6, 6.07) is 10.5. The summed E-state index contributed by atoms with van der Waals surface area (Å²) in [4.78, 5) is 23.3. The van der Waals surface area contributed by atoms with Gasteiger partial charge in [-0.05, 0) is 62.8 Å². The number of benzene rings is 1. The van der Waals surface area contributed by atoms with E-state index < -0.39 is 5.97 Å². The molecule has 0 aromatic heterocycles. The van der Waals surface area contributed by atoms with Gasteiger partial charge in [0.05, 0.1) is 11.5 Å². The highest BCUT2D eigenvalue weighted by Crippen LogP contribution is 2.39. The van der Waals surface area contributed by atoms with Crippen molar-refractivity contribution in [3.8, 4) is 0 Å². The van der Waals surface area contributed by atoms with E-state index in [0.717, 1.165) is 38.5 Å². The highest BCUT2D eigenvalue weighted by molar-refractivity contribution is 5.74. The van der Waals surface area contributed by atoms with E-state index in [2.05, 4.69) is 34.9 Å². The van der Waals surface area contributed by atoms with Gasteiger partial charge in [-0.2, -0.15) is 0 Å². The predicted molar refractivity (Wildman–Crippen MR) is 107 cm³/mol. The number of hydrogen-bond acceptors (Lipinski definition) is 3. The summed E-state index contributed by atoms with van der Waals surface area (Å²) in [7, 11) is 1.73. The summed E-state index contributed by atoms with van der Waals surface area (Å²) < 4.78 is 5.84. The summed E-state index contributed by atoms with van der Waals surface area (Å²) in [6.45, 7) is 0.501. The van der Waals surface area contributed by atoms with Crippen LogP contribution in [-0.2, 0) is 9.53 Å². The number of hydrogen-bond donors (Lipinski definition) is 3. The van der Waals surface area contributed by atoms with Crippen molar-refractivity contribution in [1.82, 2.24) is 10.6 Å². The van der Waals surface area contributed by atoms with Crippen LogP contribution in [0.4, 0.5) is 4.79 Å². The molecule has 0 unspecified atom stereocenters. The lowest BCUT2D eigenvalue weighted by atomic mass is 9.76. The third kappa shape index (κ3) is 5.25. The molecule has 0 bridgehead atoms. The molecule has 154 valence electrons. The predicted octanol–water partition coefficient (Wildman–Crippen LogP) is 3.67. The monoisotopic (exact) mass is 388 g/mol. The molecule has 6 nitrogen and oxygen atoms in total. The molecule has 2 aliphatic carbocycles. The molecule has 2 fully saturated rings. The Morgan fingerprint density at radius 3 is 2.29 bits per heavy atom. The van der Waals surface area contributed by atoms with E-state index in [4.69, 9.17) is 9.84 Å². The molecular weight excluding hydrogens is 356 g/mol. The van der Waals surface area contributed by atoms with Crippen molar-refractivity contribution in [3.05, 3.63) is 35.9 Å². The molecule has 0 atom stereocenters. The van der Waals surface area contributed by atoms with Crippen LogP contribution in [0.25, 0.3) is 0 Å². The largest absolute Gasteiger partial charge is 0.481 e. The first-order valence-electron chi connectivity index (χ1n) is 10.4. The average molecular weight is 389 g/mol. The Morgan fingerprint density at radius 1 is 1.07 bits per heavy atom. The number of nitrogens with one attached hydrogen (secondary N) is 2. The molecular formula is C22H32N2O4. The van der Waals surface area contributed by atoms with Gasteiger partial charge in [0, 0.05) is 19.7 Å². The molecule has 2 saturated carbocycles. The Morgan fingerprint density at radius 2 is 1.71 bits per heavy atom. The van der Waals surface area contributed by atoms with Crippen LogP contribution in [0.5, 0.6) is 0 Å². The van der Waals surface area contributed by atoms with Crippen LogP contribution < -0.4 is 10.6 Å². The van der Waals surface area contributed by atoms with E-state index in [1.54, 1.807) is 7.11 Å². The lowest BCUT2D eigenvalue weighted by molar-refractivity contribution is -0.142. The minimum Gasteiger partial charge on any atom is -0.481 e. The SMILES string of the molecule is COC1(CNC(=O)NC2CCC(C(=O)O)CC2)CCC(c2ccccc2)CC1. The van der Waals surface area contributed by atoms with Crippen molar-refractivity contribution in [2.45, 2.75) is 68.9 Å². The number of carbonyl (C=O) groups is 2. The zero-order valence-corrected chi connectivity index (χ0v) is 16.7. The number of amides is 2. The molecule has 0 saturated heterocycles. The molecule has 0 aliphatic heterocycles. The third-order valence-electron chi connectivity index (χ3n) is 6.58. The summed E-state index contributed by atoms with van der Waals surface area (Å²) in [5.74, 6) is -0.434. The molecule has 3 N–H and O–H groups in total. The van der Waals surface area contributed by atoms with Crippen LogP contribution in [0.1, 0.15) is 62.8 Å². The fourth-order valence-electron chi connectivity index (χ4n) is 4.62. The normalized spacial score (nSPS) is 30.4. The Labute approximate surface area is 167 Å². The van der Waals surface area contributed by atoms with E-state index in [0.29, 0.717) is 25.3 Å². The van der Waals surface area contributed by atoms with Crippen LogP contribution in [0.15, 0.2) is 30.3 Å². The molecule has 1 aromatic carbocycles. The summed E-state index contributed by atoms with van der Waals surface area (Å²) in [5, 5.41) is 15.1. The second-order valence-electron chi connectivity index (χ2n) is 8.29. The van der Waals surface area contributed by atoms with Gasteiger partial charge < -0.3 is 20.5 Å². The lowest BCUT2D eigenvalue weighted by Gasteiger charge is -2.39. The average Bonchev–Trinajstić information content (AvgIpc) is 2.74. The van der Waals surface area contributed by atoms with E-state index >= 15 is 0 Å². The minimum atomic E-state index is -0.726. The smallest absolute Gasteiger partial charge is 0.315 e. The third-order valence-corrected chi connectivity index (χ3v) is 6.58. The summed E-state index contributed by atoms with van der Waals surface area (Å²) in [6.07, 6.45) is 6.66. The Balaban J connectivity index is 1.43. The van der Waals surface area contributed by atoms with Gasteiger partial charge in [-0.15, -0.1) is 0 Å². The van der Waals surface area contributed by atoms with E-state index in [1.807, 2.05) is 6.07 Å². The minimum absolute atomic E-state index is 0.0583. The fourth-order valence-corrected chi connectivity index (χ4v) is 4.62. The number of rotatable bonds is 6. The molecule has 0 heterocycles. The zero-order valence-electron chi connectivity index (χ0n) is 16.7. The van der Waals surface area contributed by atoms with Crippen molar-refractivity contribution in [2.24, 2.45) is 5.92 Å². The molecule has 2 amide bonds. The van der Waals surface area contributed by atoms with Crippen LogP contribution >= 0.6 is 0 Å². The fraction of sp³-hybridized carbons (Fsp3) is 0.636. The molecule has 0 radical (unpaired) electrons.